The number of rotatable bonds is 2. The molecule has 1 aromatic heterocycles. The van der Waals surface area contributed by atoms with Crippen LogP contribution in [0.1, 0.15) is 49.9 Å². The molecule has 1 heteroatoms. The van der Waals surface area contributed by atoms with Crippen LogP contribution in [-0.2, 0) is 11.8 Å². The van der Waals surface area contributed by atoms with Crippen LogP contribution in [0, 0.1) is 12.8 Å². The number of nitrogens with zero attached hydrogens (tertiary/aromatic N) is 1. The van der Waals surface area contributed by atoms with Crippen molar-refractivity contribution < 1.29 is 0 Å². The van der Waals surface area contributed by atoms with Gasteiger partial charge in [0.1, 0.15) is 0 Å². The second kappa shape index (κ2) is 5.17. The highest BCUT2D eigenvalue weighted by Gasteiger charge is 2.34. The van der Waals surface area contributed by atoms with Crippen LogP contribution in [0.4, 0.5) is 0 Å². The first-order chi connectivity index (χ1) is 11.4. The van der Waals surface area contributed by atoms with Gasteiger partial charge in [-0.15, -0.1) is 0 Å². The number of pyridine rings is 1. The van der Waals surface area contributed by atoms with Crippen LogP contribution < -0.4 is 0 Å². The molecule has 0 amide bonds. The highest BCUT2D eigenvalue weighted by molar-refractivity contribution is 6.01. The van der Waals surface area contributed by atoms with E-state index in [-0.39, 0.29) is 5.41 Å². The molecule has 0 radical (unpaired) electrons. The van der Waals surface area contributed by atoms with E-state index in [2.05, 4.69) is 71.0 Å². The van der Waals surface area contributed by atoms with Crippen LogP contribution in [0.15, 0.2) is 42.6 Å². The summed E-state index contributed by atoms with van der Waals surface area (Å²) in [6.45, 7) is 11.4. The number of hydrogen-bond acceptors (Lipinski definition) is 1. The summed E-state index contributed by atoms with van der Waals surface area (Å²) in [4.78, 5) is 4.78. The fourth-order valence-electron chi connectivity index (χ4n) is 4.21. The van der Waals surface area contributed by atoms with Gasteiger partial charge in [-0.05, 0) is 53.5 Å². The molecule has 3 aromatic rings. The fraction of sp³-hybridized carbons (Fsp3) is 0.348. The van der Waals surface area contributed by atoms with Crippen molar-refractivity contribution in [2.24, 2.45) is 5.92 Å². The standard InChI is InChI=1S/C23H25N/c1-14(2)10-16-12-17-8-9-24-22-18-11-15(3)6-7-19(18)23(4,5)20(13-16)21(17)22/h6-9,11-14H,10H2,1-5H3. The van der Waals surface area contributed by atoms with Gasteiger partial charge in [-0.3, -0.25) is 4.98 Å². The van der Waals surface area contributed by atoms with Crippen LogP contribution in [0.3, 0.4) is 0 Å². The summed E-state index contributed by atoms with van der Waals surface area (Å²) in [7, 11) is 0. The molecule has 2 aromatic carbocycles. The van der Waals surface area contributed by atoms with E-state index in [1.165, 1.54) is 38.6 Å². The fourth-order valence-corrected chi connectivity index (χ4v) is 4.21. The maximum atomic E-state index is 4.78. The maximum Gasteiger partial charge on any atom is 0.0786 e. The number of fused-ring (bicyclic) bond motifs is 2. The average molecular weight is 315 g/mol. The summed E-state index contributed by atoms with van der Waals surface area (Å²) in [5, 5.41) is 2.67. The topological polar surface area (TPSA) is 12.9 Å². The van der Waals surface area contributed by atoms with Crippen LogP contribution in [0.25, 0.3) is 22.0 Å². The van der Waals surface area contributed by atoms with Crippen molar-refractivity contribution >= 4 is 10.8 Å². The number of hydrogen-bond donors (Lipinski definition) is 0. The van der Waals surface area contributed by atoms with Gasteiger partial charge in [-0.2, -0.15) is 0 Å². The summed E-state index contributed by atoms with van der Waals surface area (Å²) in [6.07, 6.45) is 3.09. The summed E-state index contributed by atoms with van der Waals surface area (Å²) in [5.74, 6) is 0.664. The van der Waals surface area contributed by atoms with Gasteiger partial charge in [0, 0.05) is 22.6 Å². The van der Waals surface area contributed by atoms with E-state index in [9.17, 15) is 0 Å². The van der Waals surface area contributed by atoms with E-state index in [4.69, 9.17) is 4.98 Å². The summed E-state index contributed by atoms with van der Waals surface area (Å²) in [5.41, 5.74) is 8.00. The zero-order valence-corrected chi connectivity index (χ0v) is 15.3. The summed E-state index contributed by atoms with van der Waals surface area (Å²) < 4.78 is 0. The summed E-state index contributed by atoms with van der Waals surface area (Å²) >= 11 is 0. The van der Waals surface area contributed by atoms with E-state index in [0.717, 1.165) is 12.1 Å². The molecular weight excluding hydrogens is 290 g/mol. The average Bonchev–Trinajstić information content (AvgIpc) is 2.51. The lowest BCUT2D eigenvalue weighted by molar-refractivity contribution is 0.630. The third-order valence-corrected chi connectivity index (χ3v) is 5.34. The molecule has 0 saturated carbocycles. The second-order valence-electron chi connectivity index (χ2n) is 8.17. The molecule has 122 valence electrons. The number of aromatic nitrogens is 1. The molecule has 0 N–H and O–H groups in total. The van der Waals surface area contributed by atoms with Crippen LogP contribution in [0.5, 0.6) is 0 Å². The van der Waals surface area contributed by atoms with E-state index in [0.29, 0.717) is 5.92 Å². The second-order valence-corrected chi connectivity index (χ2v) is 8.17. The molecule has 0 spiro atoms. The van der Waals surface area contributed by atoms with Crippen molar-refractivity contribution in [1.82, 2.24) is 4.98 Å². The van der Waals surface area contributed by atoms with Gasteiger partial charge >= 0.3 is 0 Å². The lowest BCUT2D eigenvalue weighted by atomic mass is 9.69. The van der Waals surface area contributed by atoms with Gasteiger partial charge in [0.25, 0.3) is 0 Å². The normalized spacial score (nSPS) is 14.9. The quantitative estimate of drug-likeness (QED) is 0.561. The third kappa shape index (κ3) is 2.18. The zero-order valence-electron chi connectivity index (χ0n) is 15.3. The first kappa shape index (κ1) is 15.4. The van der Waals surface area contributed by atoms with Crippen molar-refractivity contribution in [3.8, 4) is 11.3 Å². The van der Waals surface area contributed by atoms with Crippen LogP contribution in [-0.4, -0.2) is 4.98 Å². The zero-order chi connectivity index (χ0) is 17.1. The highest BCUT2D eigenvalue weighted by Crippen LogP contribution is 2.48. The van der Waals surface area contributed by atoms with Crippen molar-refractivity contribution in [2.75, 3.05) is 0 Å². The lowest BCUT2D eigenvalue weighted by Gasteiger charge is -2.35. The molecule has 0 fully saturated rings. The van der Waals surface area contributed by atoms with Crippen LogP contribution >= 0.6 is 0 Å². The van der Waals surface area contributed by atoms with E-state index < -0.39 is 0 Å². The molecule has 1 aliphatic carbocycles. The molecule has 4 rings (SSSR count). The molecule has 0 aliphatic heterocycles. The predicted molar refractivity (Wildman–Crippen MR) is 103 cm³/mol. The SMILES string of the molecule is Cc1ccc2c(c1)-c1nccc3cc(CC(C)C)cc(c13)C2(C)C. The Hall–Kier alpha value is -2.15. The van der Waals surface area contributed by atoms with Gasteiger partial charge in [0.2, 0.25) is 0 Å². The van der Waals surface area contributed by atoms with Crippen molar-refractivity contribution in [3.63, 3.8) is 0 Å². The Kier molecular flexibility index (Phi) is 3.32. The van der Waals surface area contributed by atoms with E-state index in [1.807, 2.05) is 6.20 Å². The van der Waals surface area contributed by atoms with Gasteiger partial charge in [-0.1, -0.05) is 57.5 Å². The third-order valence-electron chi connectivity index (χ3n) is 5.34. The Morgan fingerprint density at radius 2 is 1.79 bits per heavy atom. The Balaban J connectivity index is 2.10. The molecule has 1 heterocycles. The van der Waals surface area contributed by atoms with Crippen molar-refractivity contribution in [3.05, 3.63) is 64.8 Å². The predicted octanol–water partition coefficient (Wildman–Crippen LogP) is 6.05. The van der Waals surface area contributed by atoms with Gasteiger partial charge < -0.3 is 0 Å². The monoisotopic (exact) mass is 315 g/mol. The largest absolute Gasteiger partial charge is 0.256 e. The smallest absolute Gasteiger partial charge is 0.0786 e. The van der Waals surface area contributed by atoms with Gasteiger partial charge in [0.05, 0.1) is 5.69 Å². The number of benzene rings is 2. The minimum Gasteiger partial charge on any atom is -0.256 e. The minimum absolute atomic E-state index is 0.00427. The first-order valence-corrected chi connectivity index (χ1v) is 8.91. The number of aryl methyl sites for hydroxylation is 1. The van der Waals surface area contributed by atoms with Crippen LogP contribution in [0.2, 0.25) is 0 Å². The van der Waals surface area contributed by atoms with E-state index >= 15 is 0 Å². The minimum atomic E-state index is 0.00427. The van der Waals surface area contributed by atoms with E-state index in [1.54, 1.807) is 0 Å². The molecule has 0 unspecified atom stereocenters. The molecule has 24 heavy (non-hydrogen) atoms. The lowest BCUT2D eigenvalue weighted by Crippen LogP contribution is -2.24. The molecule has 0 saturated heterocycles. The van der Waals surface area contributed by atoms with Crippen molar-refractivity contribution in [1.29, 1.82) is 0 Å². The highest BCUT2D eigenvalue weighted by atomic mass is 14.7. The summed E-state index contributed by atoms with van der Waals surface area (Å²) in [6, 6.07) is 13.8. The molecule has 0 bridgehead atoms. The molecular formula is C23H25N. The molecule has 1 nitrogen and oxygen atoms in total. The van der Waals surface area contributed by atoms with Gasteiger partial charge in [-0.25, -0.2) is 0 Å². The molecule has 0 atom stereocenters. The Morgan fingerprint density at radius 3 is 2.54 bits per heavy atom. The van der Waals surface area contributed by atoms with Gasteiger partial charge in [0.15, 0.2) is 0 Å². The Bertz CT molecular complexity index is 948. The first-order valence-electron chi connectivity index (χ1n) is 8.91. The molecule has 1 aliphatic rings. The Morgan fingerprint density at radius 1 is 1.00 bits per heavy atom. The Labute approximate surface area is 144 Å². The maximum absolute atomic E-state index is 4.78. The van der Waals surface area contributed by atoms with Crippen molar-refractivity contribution in [2.45, 2.75) is 46.5 Å².